The molecule has 2 unspecified atom stereocenters. The first-order valence-corrected chi connectivity index (χ1v) is 16.3. The Morgan fingerprint density at radius 2 is 1.79 bits per heavy atom. The van der Waals surface area contributed by atoms with Crippen molar-refractivity contribution in [3.05, 3.63) is 12.7 Å². The Labute approximate surface area is 261 Å². The maximum atomic E-state index is 13.5. The van der Waals surface area contributed by atoms with E-state index in [0.717, 1.165) is 19.3 Å². The molecule has 0 radical (unpaired) electrons. The molecule has 246 valence electrons. The third-order valence-corrected chi connectivity index (χ3v) is 12.2. The number of carbonyl (C=O) groups excluding carboxylic acids is 3. The van der Waals surface area contributed by atoms with Crippen LogP contribution in [0.1, 0.15) is 87.5 Å². The summed E-state index contributed by atoms with van der Waals surface area (Å²) in [6.45, 7) is 20.7. The summed E-state index contributed by atoms with van der Waals surface area (Å²) in [6, 6.07) is -0.573. The number of carbonyl (C=O) groups is 4. The average molecular weight is 627 g/mol. The van der Waals surface area contributed by atoms with Crippen LogP contribution in [0.4, 0.5) is 4.79 Å². The fourth-order valence-corrected chi connectivity index (χ4v) is 8.47. The zero-order chi connectivity index (χ0) is 33.1. The number of ketones is 1. The molecule has 9 atom stereocenters. The molecule has 3 saturated carbocycles. The summed E-state index contributed by atoms with van der Waals surface area (Å²) in [6.07, 6.45) is 2.34. The summed E-state index contributed by atoms with van der Waals surface area (Å²) in [5.74, 6) is -0.243. The van der Waals surface area contributed by atoms with Crippen molar-refractivity contribution in [1.29, 1.82) is 0 Å². The monoisotopic (exact) mass is 626 g/mol. The van der Waals surface area contributed by atoms with Crippen molar-refractivity contribution in [2.75, 3.05) is 12.3 Å². The number of aliphatic hydroxyl groups is 1. The third kappa shape index (κ3) is 7.76. The van der Waals surface area contributed by atoms with Gasteiger partial charge in [-0.1, -0.05) is 47.6 Å². The minimum Gasteiger partial charge on any atom is -0.461 e. The van der Waals surface area contributed by atoms with Gasteiger partial charge in [0.2, 0.25) is 5.91 Å². The molecule has 6 N–H and O–H groups in total. The highest BCUT2D eigenvalue weighted by Crippen LogP contribution is 2.68. The van der Waals surface area contributed by atoms with Crippen LogP contribution in [0.25, 0.3) is 0 Å². The highest BCUT2D eigenvalue weighted by atomic mass is 32.2. The molecule has 0 spiro atoms. The van der Waals surface area contributed by atoms with Gasteiger partial charge in [0, 0.05) is 34.5 Å². The highest BCUT2D eigenvalue weighted by Gasteiger charge is 2.68. The lowest BCUT2D eigenvalue weighted by molar-refractivity contribution is -0.205. The fourth-order valence-electron chi connectivity index (χ4n) is 7.72. The van der Waals surface area contributed by atoms with Gasteiger partial charge in [-0.2, -0.15) is 0 Å². The second kappa shape index (κ2) is 13.9. The molecule has 2 bridgehead atoms. The summed E-state index contributed by atoms with van der Waals surface area (Å²) in [7, 11) is 0. The van der Waals surface area contributed by atoms with Gasteiger partial charge in [0.15, 0.2) is 0 Å². The van der Waals surface area contributed by atoms with Crippen molar-refractivity contribution in [2.24, 2.45) is 45.7 Å². The zero-order valence-electron chi connectivity index (χ0n) is 27.1. The molecule has 1 amide bonds. The maximum Gasteiger partial charge on any atom is 0.503 e. The van der Waals surface area contributed by atoms with Gasteiger partial charge >= 0.3 is 12.1 Å². The van der Waals surface area contributed by atoms with Gasteiger partial charge in [0.25, 0.3) is 0 Å². The van der Waals surface area contributed by atoms with Crippen molar-refractivity contribution in [3.8, 4) is 0 Å². The number of carboxylic acid groups (broad SMARTS) is 2. The first-order valence-electron chi connectivity index (χ1n) is 15.3. The summed E-state index contributed by atoms with van der Waals surface area (Å²) in [4.78, 5) is 47.8. The van der Waals surface area contributed by atoms with Gasteiger partial charge in [-0.15, -0.1) is 18.3 Å². The minimum absolute atomic E-state index is 0.0382. The Kier molecular flexibility index (Phi) is 12.0. The lowest BCUT2D eigenvalue weighted by atomic mass is 9.44. The third-order valence-electron chi connectivity index (χ3n) is 10.9. The first-order chi connectivity index (χ1) is 19.7. The maximum absolute atomic E-state index is 13.5. The van der Waals surface area contributed by atoms with Gasteiger partial charge in [-0.3, -0.25) is 14.4 Å². The van der Waals surface area contributed by atoms with Crippen molar-refractivity contribution in [2.45, 2.75) is 110 Å². The molecule has 3 aliphatic carbocycles. The Hall–Kier alpha value is -2.11. The van der Waals surface area contributed by atoms with Gasteiger partial charge < -0.3 is 31.1 Å². The molecule has 0 saturated heterocycles. The summed E-state index contributed by atoms with van der Waals surface area (Å²) >= 11 is 1.43. The van der Waals surface area contributed by atoms with E-state index in [0.29, 0.717) is 19.4 Å². The van der Waals surface area contributed by atoms with Crippen LogP contribution in [0.15, 0.2) is 12.7 Å². The van der Waals surface area contributed by atoms with Crippen LogP contribution in [0.2, 0.25) is 0 Å². The molecule has 0 heterocycles. The number of hydrogen-bond acceptors (Lipinski definition) is 8. The topological polar surface area (TPSA) is 176 Å². The number of nitrogens with two attached hydrogens (primary N) is 1. The number of rotatable bonds is 9. The number of nitrogens with one attached hydrogen (secondary N) is 1. The average Bonchev–Trinajstić information content (AvgIpc) is 3.28. The molecule has 3 rings (SSSR count). The molecule has 11 heteroatoms. The second-order valence-electron chi connectivity index (χ2n) is 14.4. The predicted molar refractivity (Wildman–Crippen MR) is 168 cm³/mol. The molecule has 0 aromatic carbocycles. The number of esters is 1. The van der Waals surface area contributed by atoms with E-state index < -0.39 is 40.0 Å². The molecule has 10 nitrogen and oxygen atoms in total. The fraction of sp³-hybridized carbons (Fsp3) is 0.812. The standard InChI is InChI=1S/C31H52N2O5S.CH2O3/c1-10-29(8)15-22(38-23(35)16-39-28(6,7)17-33-27(37)24(32)18(2)3)30(9)19(4)11-13-31(20(5)26(29)36)14-12-21(34)25(30)31;2-1(3)4/h10,18-20,22,24-26,36H,1,11-17,32H2,2-9H3,(H,33,37);(H2,2,3,4)/t19-,20+,22-,24-,25?,26+,29-,30+,31?;/m1./s1. The van der Waals surface area contributed by atoms with Crippen molar-refractivity contribution < 1.29 is 39.2 Å². The van der Waals surface area contributed by atoms with E-state index in [1.807, 2.05) is 40.7 Å². The first kappa shape index (κ1) is 37.1. The molecule has 0 aromatic heterocycles. The van der Waals surface area contributed by atoms with Crippen molar-refractivity contribution in [3.63, 3.8) is 0 Å². The smallest absolute Gasteiger partial charge is 0.461 e. The number of thioether (sulfide) groups is 1. The Morgan fingerprint density at radius 3 is 2.33 bits per heavy atom. The molecule has 3 fully saturated rings. The van der Waals surface area contributed by atoms with Crippen molar-refractivity contribution >= 4 is 35.6 Å². The molecular formula is C32H54N2O8S. The van der Waals surface area contributed by atoms with Gasteiger partial charge in [0.1, 0.15) is 11.9 Å². The second-order valence-corrected chi connectivity index (χ2v) is 16.1. The van der Waals surface area contributed by atoms with Crippen LogP contribution in [-0.4, -0.2) is 74.4 Å². The molecule has 0 aliphatic heterocycles. The number of Topliss-reactive ketones (excluding diaryl/α,β-unsaturated/α-hetero) is 1. The van der Waals surface area contributed by atoms with Crippen LogP contribution >= 0.6 is 11.8 Å². The van der Waals surface area contributed by atoms with Crippen LogP contribution in [-0.2, 0) is 19.1 Å². The highest BCUT2D eigenvalue weighted by molar-refractivity contribution is 8.01. The number of ether oxygens (including phenoxy) is 1. The largest absolute Gasteiger partial charge is 0.503 e. The number of amides is 1. The van der Waals surface area contributed by atoms with Gasteiger partial charge in [0.05, 0.1) is 17.9 Å². The molecule has 43 heavy (non-hydrogen) atoms. The zero-order valence-corrected chi connectivity index (χ0v) is 28.0. The quantitative estimate of drug-likeness (QED) is 0.178. The normalized spacial score (nSPS) is 36.3. The summed E-state index contributed by atoms with van der Waals surface area (Å²) in [5, 5.41) is 28.5. The van der Waals surface area contributed by atoms with E-state index in [-0.39, 0.29) is 52.5 Å². The molecule has 3 aliphatic rings. The molecule has 0 aromatic rings. The number of hydrogen-bond donors (Lipinski definition) is 5. The van der Waals surface area contributed by atoms with Gasteiger partial charge in [-0.05, 0) is 62.7 Å². The lowest BCUT2D eigenvalue weighted by Gasteiger charge is -2.61. The molecular weight excluding hydrogens is 572 g/mol. The van der Waals surface area contributed by atoms with E-state index in [2.05, 4.69) is 32.7 Å². The summed E-state index contributed by atoms with van der Waals surface area (Å²) in [5.41, 5.74) is 4.49. The van der Waals surface area contributed by atoms with Crippen LogP contribution in [0.5, 0.6) is 0 Å². The number of aliphatic hydroxyl groups excluding tert-OH is 1. The predicted octanol–water partition coefficient (Wildman–Crippen LogP) is 4.73. The van der Waals surface area contributed by atoms with E-state index >= 15 is 0 Å². The lowest BCUT2D eigenvalue weighted by Crippen LogP contribution is -2.63. The Bertz CT molecular complexity index is 1060. The minimum atomic E-state index is -1.83. The van der Waals surface area contributed by atoms with Crippen LogP contribution in [0.3, 0.4) is 0 Å². The van der Waals surface area contributed by atoms with Gasteiger partial charge in [-0.25, -0.2) is 4.79 Å². The SMILES string of the molecule is C=C[C@]1(C)C[C@@H](OC(=O)CSC(C)(C)CNC(=O)[C@H](N)C(C)C)[C@@]2(C)C3C(=O)CCC3(CC[C@H]2C)[C@@H](C)[C@@H]1O.O=C(O)O. The Balaban J connectivity index is 0.00000151. The summed E-state index contributed by atoms with van der Waals surface area (Å²) < 4.78 is 5.92. The van der Waals surface area contributed by atoms with E-state index in [9.17, 15) is 19.5 Å². The van der Waals surface area contributed by atoms with E-state index in [4.69, 9.17) is 25.5 Å². The van der Waals surface area contributed by atoms with Crippen LogP contribution < -0.4 is 11.1 Å². The Morgan fingerprint density at radius 1 is 1.21 bits per heavy atom. The van der Waals surface area contributed by atoms with Crippen LogP contribution in [0, 0.1) is 39.9 Å². The van der Waals surface area contributed by atoms with Crippen molar-refractivity contribution in [1.82, 2.24) is 5.32 Å². The van der Waals surface area contributed by atoms with E-state index in [1.165, 1.54) is 11.8 Å². The van der Waals surface area contributed by atoms with E-state index in [1.54, 1.807) is 0 Å².